The molecule has 1 rings (SSSR count). The number of aliphatic hydroxyl groups excluding tert-OH is 2. The summed E-state index contributed by atoms with van der Waals surface area (Å²) in [6.07, 6.45) is 2.45. The molecule has 6 heteroatoms. The van der Waals surface area contributed by atoms with Gasteiger partial charge in [0.2, 0.25) is 0 Å². The van der Waals surface area contributed by atoms with Crippen LogP contribution in [0.3, 0.4) is 0 Å². The Morgan fingerprint density at radius 1 is 1.00 bits per heavy atom. The zero-order chi connectivity index (χ0) is 14.3. The topological polar surface area (TPSA) is 94.9 Å². The van der Waals surface area contributed by atoms with Gasteiger partial charge in [-0.05, 0) is 11.6 Å². The summed E-state index contributed by atoms with van der Waals surface area (Å²) in [5.41, 5.74) is 0.712. The zero-order valence-electron chi connectivity index (χ0n) is 10.0. The van der Waals surface area contributed by atoms with Crippen LogP contribution in [0.2, 0.25) is 0 Å². The van der Waals surface area contributed by atoms with Gasteiger partial charge in [-0.15, -0.1) is 0 Å². The van der Waals surface area contributed by atoms with Gasteiger partial charge in [-0.3, -0.25) is 14.4 Å². The number of rotatable bonds is 4. The Morgan fingerprint density at radius 3 is 2.00 bits per heavy atom. The third-order valence-electron chi connectivity index (χ3n) is 2.21. The van der Waals surface area contributed by atoms with Crippen molar-refractivity contribution in [3.8, 4) is 0 Å². The van der Waals surface area contributed by atoms with E-state index in [0.29, 0.717) is 5.56 Å². The number of carbonyl (C=O) groups excluding carboxylic acids is 3. The van der Waals surface area contributed by atoms with Crippen molar-refractivity contribution in [3.63, 3.8) is 0 Å². The van der Waals surface area contributed by atoms with Gasteiger partial charge in [-0.1, -0.05) is 30.3 Å². The molecule has 0 aliphatic heterocycles. The molecule has 100 valence electrons. The second-order valence-electron chi connectivity index (χ2n) is 3.52. The molecule has 0 aromatic heterocycles. The molecule has 0 unspecified atom stereocenters. The highest BCUT2D eigenvalue weighted by atomic mass is 16.3. The second kappa shape index (κ2) is 7.20. The number of amides is 3. The molecule has 0 radical (unpaired) electrons. The van der Waals surface area contributed by atoms with Gasteiger partial charge in [0.05, 0.1) is 0 Å². The van der Waals surface area contributed by atoms with Gasteiger partial charge in [0.1, 0.15) is 13.2 Å². The second-order valence-corrected chi connectivity index (χ2v) is 3.52. The minimum Gasteiger partial charge on any atom is -0.386 e. The standard InChI is InChI=1S/C13H13NO5/c15-8-12(18)14(13(19)9-16)11(17)7-6-10-4-2-1-3-5-10/h1-7,15-16H,8-9H2. The van der Waals surface area contributed by atoms with Crippen molar-refractivity contribution in [2.24, 2.45) is 0 Å². The Kier molecular flexibility index (Phi) is 5.59. The lowest BCUT2D eigenvalue weighted by atomic mass is 10.2. The monoisotopic (exact) mass is 263 g/mol. The molecule has 0 aliphatic carbocycles. The molecule has 2 N–H and O–H groups in total. The van der Waals surface area contributed by atoms with Crippen LogP contribution in [0.25, 0.3) is 6.08 Å². The number of imide groups is 3. The van der Waals surface area contributed by atoms with E-state index in [1.165, 1.54) is 6.08 Å². The Labute approximate surface area is 109 Å². The van der Waals surface area contributed by atoms with E-state index in [9.17, 15) is 14.4 Å². The van der Waals surface area contributed by atoms with Crippen molar-refractivity contribution in [3.05, 3.63) is 42.0 Å². The number of hydrogen-bond donors (Lipinski definition) is 2. The fourth-order valence-electron chi connectivity index (χ4n) is 1.33. The van der Waals surface area contributed by atoms with E-state index >= 15 is 0 Å². The Morgan fingerprint density at radius 2 is 1.53 bits per heavy atom. The summed E-state index contributed by atoms with van der Waals surface area (Å²) in [6, 6.07) is 8.79. The molecule has 0 spiro atoms. The molecule has 1 aromatic rings. The van der Waals surface area contributed by atoms with Crippen molar-refractivity contribution >= 4 is 23.8 Å². The predicted octanol–water partition coefficient (Wildman–Crippen LogP) is -0.434. The summed E-state index contributed by atoms with van der Waals surface area (Å²) in [5.74, 6) is -3.08. The van der Waals surface area contributed by atoms with Crippen LogP contribution in [-0.4, -0.2) is 46.0 Å². The maximum atomic E-state index is 11.7. The van der Waals surface area contributed by atoms with Crippen LogP contribution in [-0.2, 0) is 14.4 Å². The van der Waals surface area contributed by atoms with Gasteiger partial charge in [0.25, 0.3) is 17.7 Å². The van der Waals surface area contributed by atoms with Crippen molar-refractivity contribution in [1.82, 2.24) is 4.90 Å². The van der Waals surface area contributed by atoms with E-state index in [-0.39, 0.29) is 4.90 Å². The van der Waals surface area contributed by atoms with Crippen LogP contribution >= 0.6 is 0 Å². The van der Waals surface area contributed by atoms with E-state index in [1.807, 2.05) is 0 Å². The predicted molar refractivity (Wildman–Crippen MR) is 66.5 cm³/mol. The summed E-state index contributed by atoms with van der Waals surface area (Å²) in [5, 5.41) is 17.4. The van der Waals surface area contributed by atoms with Crippen molar-refractivity contribution < 1.29 is 24.6 Å². The minimum absolute atomic E-state index is 0.208. The first-order chi connectivity index (χ1) is 9.10. The highest BCUT2D eigenvalue weighted by Gasteiger charge is 2.25. The quantitative estimate of drug-likeness (QED) is 0.718. The number of nitrogens with zero attached hydrogens (tertiary/aromatic N) is 1. The van der Waals surface area contributed by atoms with Gasteiger partial charge in [-0.2, -0.15) is 0 Å². The number of carbonyl (C=O) groups is 3. The fraction of sp³-hybridized carbons (Fsp3) is 0.154. The largest absolute Gasteiger partial charge is 0.386 e. The first-order valence-electron chi connectivity index (χ1n) is 5.44. The molecule has 3 amide bonds. The van der Waals surface area contributed by atoms with Gasteiger partial charge in [0, 0.05) is 6.08 Å². The van der Waals surface area contributed by atoms with Crippen LogP contribution in [0.5, 0.6) is 0 Å². The normalized spacial score (nSPS) is 10.4. The molecule has 0 saturated heterocycles. The highest BCUT2D eigenvalue weighted by molar-refractivity contribution is 6.15. The lowest BCUT2D eigenvalue weighted by Crippen LogP contribution is -2.43. The number of hydrogen-bond acceptors (Lipinski definition) is 5. The van der Waals surface area contributed by atoms with Gasteiger partial charge in [0.15, 0.2) is 0 Å². The zero-order valence-corrected chi connectivity index (χ0v) is 10.0. The molecule has 6 nitrogen and oxygen atoms in total. The van der Waals surface area contributed by atoms with E-state index < -0.39 is 30.9 Å². The van der Waals surface area contributed by atoms with Crippen molar-refractivity contribution in [2.45, 2.75) is 0 Å². The Hall–Kier alpha value is -2.31. The molecule has 19 heavy (non-hydrogen) atoms. The van der Waals surface area contributed by atoms with E-state index in [4.69, 9.17) is 10.2 Å². The molecule has 0 atom stereocenters. The van der Waals surface area contributed by atoms with Crippen molar-refractivity contribution in [1.29, 1.82) is 0 Å². The number of aliphatic hydroxyl groups is 2. The SMILES string of the molecule is O=C(C=Cc1ccccc1)N(C(=O)CO)C(=O)CO. The minimum atomic E-state index is -1.08. The molecule has 0 saturated carbocycles. The lowest BCUT2D eigenvalue weighted by Gasteiger charge is -2.14. The van der Waals surface area contributed by atoms with Crippen LogP contribution in [0, 0.1) is 0 Å². The summed E-state index contributed by atoms with van der Waals surface area (Å²) in [4.78, 5) is 34.4. The van der Waals surface area contributed by atoms with Gasteiger partial charge in [-0.25, -0.2) is 4.90 Å². The highest BCUT2D eigenvalue weighted by Crippen LogP contribution is 2.03. The average molecular weight is 263 g/mol. The van der Waals surface area contributed by atoms with Crippen molar-refractivity contribution in [2.75, 3.05) is 13.2 Å². The first kappa shape index (κ1) is 14.7. The van der Waals surface area contributed by atoms with Crippen LogP contribution in [0.4, 0.5) is 0 Å². The molecule has 1 aromatic carbocycles. The Bertz CT molecular complexity index is 479. The average Bonchev–Trinajstić information content (AvgIpc) is 2.45. The van der Waals surface area contributed by atoms with Crippen LogP contribution in [0.15, 0.2) is 36.4 Å². The summed E-state index contributed by atoms with van der Waals surface area (Å²) >= 11 is 0. The summed E-state index contributed by atoms with van der Waals surface area (Å²) < 4.78 is 0. The smallest absolute Gasteiger partial charge is 0.262 e. The maximum absolute atomic E-state index is 11.7. The molecule has 0 fully saturated rings. The molecule has 0 heterocycles. The van der Waals surface area contributed by atoms with Crippen LogP contribution in [0.1, 0.15) is 5.56 Å². The number of benzene rings is 1. The lowest BCUT2D eigenvalue weighted by molar-refractivity contribution is -0.154. The van der Waals surface area contributed by atoms with Crippen LogP contribution < -0.4 is 0 Å². The van der Waals surface area contributed by atoms with E-state index in [0.717, 1.165) is 6.08 Å². The van der Waals surface area contributed by atoms with E-state index in [1.54, 1.807) is 30.3 Å². The Balaban J connectivity index is 2.86. The fourth-order valence-corrected chi connectivity index (χ4v) is 1.33. The van der Waals surface area contributed by atoms with Gasteiger partial charge >= 0.3 is 0 Å². The summed E-state index contributed by atoms with van der Waals surface area (Å²) in [6.45, 7) is -1.98. The molecular formula is C13H13NO5. The molecular weight excluding hydrogens is 250 g/mol. The molecule has 0 aliphatic rings. The molecule has 0 bridgehead atoms. The van der Waals surface area contributed by atoms with E-state index in [2.05, 4.69) is 0 Å². The van der Waals surface area contributed by atoms with Gasteiger partial charge < -0.3 is 10.2 Å². The third kappa shape index (κ3) is 4.13. The third-order valence-corrected chi connectivity index (χ3v) is 2.21. The summed E-state index contributed by atoms with van der Waals surface area (Å²) in [7, 11) is 0. The first-order valence-corrected chi connectivity index (χ1v) is 5.44. The maximum Gasteiger partial charge on any atom is 0.262 e.